The molecule has 0 aromatic heterocycles. The van der Waals surface area contributed by atoms with Crippen molar-refractivity contribution in [2.24, 2.45) is 23.2 Å². The van der Waals surface area contributed by atoms with Crippen molar-refractivity contribution in [1.29, 1.82) is 0 Å². The highest BCUT2D eigenvalue weighted by Gasteiger charge is 2.32. The summed E-state index contributed by atoms with van der Waals surface area (Å²) in [6.07, 6.45) is 22.2. The lowest BCUT2D eigenvalue weighted by Gasteiger charge is -2.38. The summed E-state index contributed by atoms with van der Waals surface area (Å²) in [4.78, 5) is 24.5. The molecule has 0 radical (unpaired) electrons. The van der Waals surface area contributed by atoms with E-state index in [1.165, 1.54) is 99.3 Å². The largest absolute Gasteiger partial charge is 0.493 e. The number of aliphatic hydroxyl groups is 2. The molecule has 3 aromatic carbocycles. The van der Waals surface area contributed by atoms with Gasteiger partial charge in [-0.3, -0.25) is 0 Å². The van der Waals surface area contributed by atoms with Crippen molar-refractivity contribution in [3.63, 3.8) is 0 Å². The van der Waals surface area contributed by atoms with Gasteiger partial charge in [-0.15, -0.1) is 0 Å². The van der Waals surface area contributed by atoms with Crippen LogP contribution in [0.2, 0.25) is 0 Å². The lowest BCUT2D eigenvalue weighted by molar-refractivity contribution is -0.139. The Labute approximate surface area is 405 Å². The van der Waals surface area contributed by atoms with E-state index < -0.39 is 17.4 Å². The van der Waals surface area contributed by atoms with Crippen LogP contribution in [0, 0.1) is 23.2 Å². The monoisotopic (exact) mass is 919 g/mol. The molecule has 3 aromatic rings. The summed E-state index contributed by atoms with van der Waals surface area (Å²) in [5, 5.41) is 20.4. The van der Waals surface area contributed by atoms with Crippen LogP contribution < -0.4 is 4.74 Å². The summed E-state index contributed by atoms with van der Waals surface area (Å²) in [6, 6.07) is 18.6. The van der Waals surface area contributed by atoms with Crippen molar-refractivity contribution >= 4 is 11.9 Å². The number of carbonyl (C=O) groups excluding carboxylic acids is 2. The maximum Gasteiger partial charge on any atom is 0.333 e. The Morgan fingerprint density at radius 1 is 0.627 bits per heavy atom. The van der Waals surface area contributed by atoms with E-state index in [0.29, 0.717) is 62.2 Å². The Kier molecular flexibility index (Phi) is 21.7. The zero-order valence-electron chi connectivity index (χ0n) is 42.5. The first kappa shape index (κ1) is 53.8. The summed E-state index contributed by atoms with van der Waals surface area (Å²) in [7, 11) is 0. The lowest BCUT2D eigenvalue weighted by Crippen LogP contribution is -2.31. The highest BCUT2D eigenvalue weighted by Crippen LogP contribution is 2.46. The molecule has 2 aliphatic rings. The average Bonchev–Trinajstić information content (AvgIpc) is 3.35. The van der Waals surface area contributed by atoms with Crippen LogP contribution in [-0.2, 0) is 44.7 Å². The summed E-state index contributed by atoms with van der Waals surface area (Å²) in [6.45, 7) is 20.1. The maximum absolute atomic E-state index is 12.3. The van der Waals surface area contributed by atoms with Crippen LogP contribution in [0.5, 0.6) is 5.75 Å². The van der Waals surface area contributed by atoms with E-state index >= 15 is 0 Å². The summed E-state index contributed by atoms with van der Waals surface area (Å²) < 4.78 is 17.6. The van der Waals surface area contributed by atoms with Crippen LogP contribution in [-0.4, -0.2) is 55.2 Å². The molecule has 2 fully saturated rings. The van der Waals surface area contributed by atoms with Gasteiger partial charge >= 0.3 is 11.9 Å². The third kappa shape index (κ3) is 15.1. The van der Waals surface area contributed by atoms with E-state index in [0.717, 1.165) is 58.6 Å². The number of benzene rings is 3. The Bertz CT molecular complexity index is 2000. The van der Waals surface area contributed by atoms with E-state index in [1.807, 2.05) is 6.92 Å². The molecule has 368 valence electrons. The molecule has 2 aliphatic carbocycles. The van der Waals surface area contributed by atoms with E-state index in [-0.39, 0.29) is 26.4 Å². The molecule has 2 N–H and O–H groups in total. The van der Waals surface area contributed by atoms with Gasteiger partial charge in [-0.2, -0.15) is 0 Å². The van der Waals surface area contributed by atoms with Gasteiger partial charge in [0, 0.05) is 16.6 Å². The second-order valence-corrected chi connectivity index (χ2v) is 20.3. The molecule has 7 heteroatoms. The van der Waals surface area contributed by atoms with E-state index in [4.69, 9.17) is 14.2 Å². The van der Waals surface area contributed by atoms with Gasteiger partial charge in [-0.05, 0) is 190 Å². The molecule has 2 saturated carbocycles. The minimum atomic E-state index is -0.643. The molecule has 67 heavy (non-hydrogen) atoms. The standard InChI is InChI=1S/C60H86O7/c1-9-13-14-17-44-20-22-47(23-21-44)48-24-26-49(27-25-48)55-30-28-50(36-45(55)10-2)51-29-31-56(46(11-3)37-51)54-38-52(18-15-33-66-58(63)42(5)6)57(65-35-32-60(12-4,40-61)41-62)53(39-54)19-16-34-67-59(64)43(7)8/h28-31,36-39,44,47-49,61-62H,5,7,9-27,32-35,40-41H2,1-4,6,8H3. The zero-order valence-corrected chi connectivity index (χ0v) is 42.5. The number of esters is 2. The Morgan fingerprint density at radius 3 is 1.66 bits per heavy atom. The van der Waals surface area contributed by atoms with E-state index in [9.17, 15) is 19.8 Å². The summed E-state index contributed by atoms with van der Waals surface area (Å²) in [5.74, 6) is 3.44. The van der Waals surface area contributed by atoms with Crippen LogP contribution in [0.25, 0.3) is 22.3 Å². The first-order chi connectivity index (χ1) is 32.4. The molecular formula is C60H86O7. The predicted octanol–water partition coefficient (Wildman–Crippen LogP) is 14.1. The number of rotatable bonds is 27. The van der Waals surface area contributed by atoms with Crippen molar-refractivity contribution in [2.45, 2.75) is 176 Å². The van der Waals surface area contributed by atoms with Crippen LogP contribution in [0.3, 0.4) is 0 Å². The van der Waals surface area contributed by atoms with Gasteiger partial charge in [-0.25, -0.2) is 9.59 Å². The second-order valence-electron chi connectivity index (χ2n) is 20.3. The normalized spacial score (nSPS) is 18.6. The molecule has 7 nitrogen and oxygen atoms in total. The van der Waals surface area contributed by atoms with Gasteiger partial charge < -0.3 is 24.4 Å². The van der Waals surface area contributed by atoms with Crippen LogP contribution in [0.4, 0.5) is 0 Å². The molecule has 0 saturated heterocycles. The van der Waals surface area contributed by atoms with Crippen LogP contribution in [0.15, 0.2) is 72.8 Å². The topological polar surface area (TPSA) is 102 Å². The van der Waals surface area contributed by atoms with Gasteiger partial charge in [0.25, 0.3) is 0 Å². The highest BCUT2D eigenvalue weighted by molar-refractivity contribution is 5.87. The molecule has 0 unspecified atom stereocenters. The molecule has 0 aliphatic heterocycles. The number of aliphatic hydroxyl groups excluding tert-OH is 2. The summed E-state index contributed by atoms with van der Waals surface area (Å²) in [5.41, 5.74) is 11.1. The molecule has 0 heterocycles. The Morgan fingerprint density at radius 2 is 1.15 bits per heavy atom. The number of hydrogen-bond acceptors (Lipinski definition) is 7. The van der Waals surface area contributed by atoms with Crippen molar-refractivity contribution in [3.8, 4) is 28.0 Å². The van der Waals surface area contributed by atoms with Crippen LogP contribution in [0.1, 0.15) is 178 Å². The van der Waals surface area contributed by atoms with Gasteiger partial charge in [0.15, 0.2) is 0 Å². The molecule has 0 atom stereocenters. The zero-order chi connectivity index (χ0) is 48.3. The van der Waals surface area contributed by atoms with Crippen molar-refractivity contribution in [2.75, 3.05) is 33.0 Å². The Hall–Kier alpha value is -4.20. The maximum atomic E-state index is 12.3. The third-order valence-electron chi connectivity index (χ3n) is 15.5. The molecule has 0 spiro atoms. The molecule has 5 rings (SSSR count). The predicted molar refractivity (Wildman–Crippen MR) is 276 cm³/mol. The number of hydrogen-bond donors (Lipinski definition) is 2. The fraction of sp³-hybridized carbons (Fsp3) is 0.600. The lowest BCUT2D eigenvalue weighted by atomic mass is 9.67. The van der Waals surface area contributed by atoms with Gasteiger partial charge in [0.1, 0.15) is 5.75 Å². The fourth-order valence-electron chi connectivity index (χ4n) is 10.9. The van der Waals surface area contributed by atoms with Crippen molar-refractivity contribution in [3.05, 3.63) is 101 Å². The average molecular weight is 919 g/mol. The smallest absolute Gasteiger partial charge is 0.333 e. The molecule has 0 bridgehead atoms. The fourth-order valence-corrected chi connectivity index (χ4v) is 10.9. The first-order valence-electron chi connectivity index (χ1n) is 26.3. The number of ether oxygens (including phenoxy) is 3. The second kappa shape index (κ2) is 27.1. The van der Waals surface area contributed by atoms with Gasteiger partial charge in [-0.1, -0.05) is 116 Å². The quantitative estimate of drug-likeness (QED) is 0.0446. The van der Waals surface area contributed by atoms with Crippen LogP contribution >= 0.6 is 0 Å². The Balaban J connectivity index is 1.39. The molecule has 0 amide bonds. The summed E-state index contributed by atoms with van der Waals surface area (Å²) >= 11 is 0. The van der Waals surface area contributed by atoms with Gasteiger partial charge in [0.2, 0.25) is 0 Å². The van der Waals surface area contributed by atoms with E-state index in [2.05, 4.69) is 82.5 Å². The van der Waals surface area contributed by atoms with E-state index in [1.54, 1.807) is 19.4 Å². The molecular weight excluding hydrogens is 833 g/mol. The highest BCUT2D eigenvalue weighted by atomic mass is 16.5. The number of carbonyl (C=O) groups is 2. The van der Waals surface area contributed by atoms with Crippen molar-refractivity contribution < 1.29 is 34.0 Å². The SMILES string of the molecule is C=C(C)C(=O)OCCCc1cc(-c2ccc(-c3ccc(C4CCC(C5CCC(CCCCC)CC5)CC4)c(CC)c3)cc2CC)cc(CCCOC(=O)C(=C)C)c1OCCC(CC)(CO)CO. The number of unbranched alkanes of at least 4 members (excludes halogenated alkanes) is 2. The first-order valence-corrected chi connectivity index (χ1v) is 26.3. The van der Waals surface area contributed by atoms with Gasteiger partial charge in [0.05, 0.1) is 33.0 Å². The third-order valence-corrected chi connectivity index (χ3v) is 15.5. The van der Waals surface area contributed by atoms with Crippen molar-refractivity contribution in [1.82, 2.24) is 0 Å². The number of aryl methyl sites for hydroxylation is 4. The minimum Gasteiger partial charge on any atom is -0.493 e. The minimum absolute atomic E-state index is 0.134.